The molecule has 1 amide bonds. The van der Waals surface area contributed by atoms with Crippen molar-refractivity contribution in [1.82, 2.24) is 10.2 Å². The highest BCUT2D eigenvalue weighted by Gasteiger charge is 2.31. The number of benzene rings is 2. The van der Waals surface area contributed by atoms with Crippen LogP contribution < -0.4 is 10.1 Å². The van der Waals surface area contributed by atoms with Gasteiger partial charge in [-0.25, -0.2) is 0 Å². The van der Waals surface area contributed by atoms with Gasteiger partial charge in [0.05, 0.1) is 16.3 Å². The Bertz CT molecular complexity index is 929. The van der Waals surface area contributed by atoms with E-state index in [2.05, 4.69) is 15.5 Å². The SMILES string of the molecule is O=C(COc1ccc(-c2nnco2)cc1)Nc1cc(C(F)(F)F)ccc1Cl. The number of anilines is 1. The first-order chi connectivity index (χ1) is 12.8. The molecular formula is C17H11ClF3N3O3. The van der Waals surface area contributed by atoms with Gasteiger partial charge in [0.1, 0.15) is 5.75 Å². The number of ether oxygens (including phenoxy) is 1. The van der Waals surface area contributed by atoms with E-state index in [4.69, 9.17) is 20.8 Å². The van der Waals surface area contributed by atoms with Gasteiger partial charge in [-0.1, -0.05) is 11.6 Å². The maximum absolute atomic E-state index is 12.7. The summed E-state index contributed by atoms with van der Waals surface area (Å²) in [5, 5.41) is 9.61. The van der Waals surface area contributed by atoms with Crippen LogP contribution in [0, 0.1) is 0 Å². The largest absolute Gasteiger partial charge is 0.484 e. The van der Waals surface area contributed by atoms with E-state index in [1.807, 2.05) is 0 Å². The Hall–Kier alpha value is -3.07. The number of aromatic nitrogens is 2. The van der Waals surface area contributed by atoms with Gasteiger partial charge < -0.3 is 14.5 Å². The summed E-state index contributed by atoms with van der Waals surface area (Å²) in [5.74, 6) is 0.0549. The summed E-state index contributed by atoms with van der Waals surface area (Å²) in [7, 11) is 0. The number of nitrogens with one attached hydrogen (secondary N) is 1. The molecule has 2 aromatic carbocycles. The highest BCUT2D eigenvalue weighted by atomic mass is 35.5. The molecule has 6 nitrogen and oxygen atoms in total. The van der Waals surface area contributed by atoms with Crippen LogP contribution in [0.25, 0.3) is 11.5 Å². The van der Waals surface area contributed by atoms with Gasteiger partial charge in [0.2, 0.25) is 12.3 Å². The number of rotatable bonds is 5. The van der Waals surface area contributed by atoms with Crippen LogP contribution in [0.2, 0.25) is 5.02 Å². The molecule has 0 unspecified atom stereocenters. The van der Waals surface area contributed by atoms with Crippen molar-refractivity contribution in [2.75, 3.05) is 11.9 Å². The van der Waals surface area contributed by atoms with Crippen LogP contribution in [0.1, 0.15) is 5.56 Å². The second-order valence-electron chi connectivity index (χ2n) is 5.30. The van der Waals surface area contributed by atoms with Crippen LogP contribution in [0.15, 0.2) is 53.3 Å². The van der Waals surface area contributed by atoms with E-state index in [-0.39, 0.29) is 10.7 Å². The average Bonchev–Trinajstić information content (AvgIpc) is 3.16. The third-order valence-corrected chi connectivity index (χ3v) is 3.73. The van der Waals surface area contributed by atoms with E-state index in [1.54, 1.807) is 24.3 Å². The van der Waals surface area contributed by atoms with Crippen molar-refractivity contribution < 1.29 is 27.1 Å². The molecule has 0 aliphatic heterocycles. The van der Waals surface area contributed by atoms with Crippen molar-refractivity contribution in [1.29, 1.82) is 0 Å². The Morgan fingerprint density at radius 3 is 2.56 bits per heavy atom. The number of amides is 1. The fourth-order valence-corrected chi connectivity index (χ4v) is 2.29. The molecule has 1 heterocycles. The van der Waals surface area contributed by atoms with E-state index in [9.17, 15) is 18.0 Å². The van der Waals surface area contributed by atoms with Crippen molar-refractivity contribution >= 4 is 23.2 Å². The lowest BCUT2D eigenvalue weighted by Gasteiger charge is -2.12. The molecule has 0 saturated heterocycles. The zero-order chi connectivity index (χ0) is 19.4. The number of carbonyl (C=O) groups excluding carboxylic acids is 1. The molecule has 3 aromatic rings. The smallest absolute Gasteiger partial charge is 0.416 e. The Kier molecular flexibility index (Phi) is 5.31. The van der Waals surface area contributed by atoms with Gasteiger partial charge in [-0.3, -0.25) is 4.79 Å². The molecule has 27 heavy (non-hydrogen) atoms. The van der Waals surface area contributed by atoms with Crippen molar-refractivity contribution in [2.24, 2.45) is 0 Å². The van der Waals surface area contributed by atoms with Crippen molar-refractivity contribution in [3.63, 3.8) is 0 Å². The van der Waals surface area contributed by atoms with E-state index in [0.29, 0.717) is 17.2 Å². The third-order valence-electron chi connectivity index (χ3n) is 3.40. The predicted molar refractivity (Wildman–Crippen MR) is 90.3 cm³/mol. The number of halogens is 4. The average molecular weight is 398 g/mol. The van der Waals surface area contributed by atoms with Crippen LogP contribution in [-0.4, -0.2) is 22.7 Å². The van der Waals surface area contributed by atoms with Crippen LogP contribution in [0.4, 0.5) is 18.9 Å². The summed E-state index contributed by atoms with van der Waals surface area (Å²) >= 11 is 5.83. The minimum atomic E-state index is -4.54. The van der Waals surface area contributed by atoms with Gasteiger partial charge in [0.25, 0.3) is 5.91 Å². The lowest BCUT2D eigenvalue weighted by Crippen LogP contribution is -2.20. The molecule has 10 heteroatoms. The number of carbonyl (C=O) groups is 1. The third kappa shape index (κ3) is 4.76. The maximum atomic E-state index is 12.7. The molecule has 0 aliphatic carbocycles. The van der Waals surface area contributed by atoms with E-state index >= 15 is 0 Å². The van der Waals surface area contributed by atoms with Gasteiger partial charge >= 0.3 is 6.18 Å². The summed E-state index contributed by atoms with van der Waals surface area (Å²) in [5.41, 5.74) is -0.397. The number of hydrogen-bond donors (Lipinski definition) is 1. The number of alkyl halides is 3. The second-order valence-corrected chi connectivity index (χ2v) is 5.70. The van der Waals surface area contributed by atoms with E-state index < -0.39 is 24.3 Å². The summed E-state index contributed by atoms with van der Waals surface area (Å²) in [6.07, 6.45) is -3.34. The summed E-state index contributed by atoms with van der Waals surface area (Å²) in [4.78, 5) is 11.9. The lowest BCUT2D eigenvalue weighted by molar-refractivity contribution is -0.137. The first-order valence-corrected chi connectivity index (χ1v) is 7.87. The Labute approximate surface area is 155 Å². The Morgan fingerprint density at radius 1 is 1.19 bits per heavy atom. The molecule has 140 valence electrons. The molecule has 0 fully saturated rings. The van der Waals surface area contributed by atoms with Crippen molar-refractivity contribution in [3.8, 4) is 17.2 Å². The number of hydrogen-bond acceptors (Lipinski definition) is 5. The van der Waals surface area contributed by atoms with E-state index in [0.717, 1.165) is 18.2 Å². The van der Waals surface area contributed by atoms with Crippen LogP contribution in [-0.2, 0) is 11.0 Å². The number of nitrogens with zero attached hydrogens (tertiary/aromatic N) is 2. The summed E-state index contributed by atoms with van der Waals surface area (Å²) < 4.78 is 48.6. The van der Waals surface area contributed by atoms with Crippen LogP contribution >= 0.6 is 11.6 Å². The van der Waals surface area contributed by atoms with Gasteiger partial charge in [0.15, 0.2) is 6.61 Å². The summed E-state index contributed by atoms with van der Waals surface area (Å²) in [6, 6.07) is 9.15. The second kappa shape index (κ2) is 7.67. The highest BCUT2D eigenvalue weighted by molar-refractivity contribution is 6.33. The molecule has 1 N–H and O–H groups in total. The Balaban J connectivity index is 1.60. The quantitative estimate of drug-likeness (QED) is 0.689. The molecule has 1 aromatic heterocycles. The molecule has 0 aliphatic rings. The Morgan fingerprint density at radius 2 is 1.93 bits per heavy atom. The fourth-order valence-electron chi connectivity index (χ4n) is 2.13. The van der Waals surface area contributed by atoms with Crippen LogP contribution in [0.3, 0.4) is 0 Å². The molecule has 0 spiro atoms. The first kappa shape index (κ1) is 18.7. The highest BCUT2D eigenvalue weighted by Crippen LogP contribution is 2.33. The molecule has 0 bridgehead atoms. The van der Waals surface area contributed by atoms with Crippen molar-refractivity contribution in [2.45, 2.75) is 6.18 Å². The monoisotopic (exact) mass is 397 g/mol. The van der Waals surface area contributed by atoms with Gasteiger partial charge in [0, 0.05) is 5.56 Å². The first-order valence-electron chi connectivity index (χ1n) is 7.49. The van der Waals surface area contributed by atoms with Gasteiger partial charge in [-0.05, 0) is 42.5 Å². The summed E-state index contributed by atoms with van der Waals surface area (Å²) in [6.45, 7) is -0.410. The standard InChI is InChI=1S/C17H11ClF3N3O3/c18-13-6-3-11(17(19,20)21)7-14(13)23-15(25)8-26-12-4-1-10(2-5-12)16-24-22-9-27-16/h1-7,9H,8H2,(H,23,25). The topological polar surface area (TPSA) is 77.2 Å². The molecule has 0 atom stereocenters. The van der Waals surface area contributed by atoms with Crippen LogP contribution in [0.5, 0.6) is 5.75 Å². The molecule has 3 rings (SSSR count). The minimum absolute atomic E-state index is 0.0136. The van der Waals surface area contributed by atoms with Gasteiger partial charge in [-0.2, -0.15) is 13.2 Å². The zero-order valence-corrected chi connectivity index (χ0v) is 14.2. The molecule has 0 saturated carbocycles. The zero-order valence-electron chi connectivity index (χ0n) is 13.5. The maximum Gasteiger partial charge on any atom is 0.416 e. The lowest BCUT2D eigenvalue weighted by atomic mass is 10.2. The normalized spacial score (nSPS) is 11.3. The van der Waals surface area contributed by atoms with E-state index in [1.165, 1.54) is 6.39 Å². The molecule has 0 radical (unpaired) electrons. The minimum Gasteiger partial charge on any atom is -0.484 e. The molecular weight excluding hydrogens is 387 g/mol. The predicted octanol–water partition coefficient (Wildman–Crippen LogP) is 4.43. The fraction of sp³-hybridized carbons (Fsp3) is 0.118. The van der Waals surface area contributed by atoms with Crippen molar-refractivity contribution in [3.05, 3.63) is 59.4 Å². The van der Waals surface area contributed by atoms with Gasteiger partial charge in [-0.15, -0.1) is 10.2 Å².